The molecule has 0 aromatic rings. The van der Waals surface area contributed by atoms with E-state index in [1.165, 1.54) is 19.1 Å². The minimum Gasteiger partial charge on any atom is -0.295 e. The summed E-state index contributed by atoms with van der Waals surface area (Å²) in [6.45, 7) is 1.49. The number of terminal acetylenes is 1. The third-order valence-corrected chi connectivity index (χ3v) is 0.634. The van der Waals surface area contributed by atoms with Crippen molar-refractivity contribution in [1.82, 2.24) is 0 Å². The van der Waals surface area contributed by atoms with Gasteiger partial charge in [0.2, 0.25) is 0 Å². The van der Waals surface area contributed by atoms with Crippen LogP contribution in [0.25, 0.3) is 0 Å². The molecule has 0 aromatic carbocycles. The first-order chi connectivity index (χ1) is 4.27. The molecular weight excluding hydrogens is 112 g/mol. The molecule has 1 nitrogen and oxygen atoms in total. The quantitative estimate of drug-likeness (QED) is 0.305. The highest BCUT2D eigenvalue weighted by atomic mass is 16.1. The molecule has 0 saturated carbocycles. The molecule has 0 bridgehead atoms. The van der Waals surface area contributed by atoms with Gasteiger partial charge in [0.05, 0.1) is 0 Å². The highest BCUT2D eigenvalue weighted by Gasteiger charge is 1.75. The lowest BCUT2D eigenvalue weighted by Gasteiger charge is -1.72. The van der Waals surface area contributed by atoms with Gasteiger partial charge in [-0.1, -0.05) is 18.1 Å². The zero-order valence-electron chi connectivity index (χ0n) is 5.29. The molecule has 0 rings (SSSR count). The number of hydrogen-bond acceptors (Lipinski definition) is 1. The van der Waals surface area contributed by atoms with Crippen LogP contribution < -0.4 is 0 Å². The molecule has 0 aliphatic carbocycles. The summed E-state index contributed by atoms with van der Waals surface area (Å²) in [6.07, 6.45) is 11.1. The van der Waals surface area contributed by atoms with Crippen LogP contribution in [0.15, 0.2) is 24.3 Å². The van der Waals surface area contributed by atoms with E-state index in [9.17, 15) is 4.79 Å². The van der Waals surface area contributed by atoms with Crippen molar-refractivity contribution in [2.24, 2.45) is 0 Å². The monoisotopic (exact) mass is 120 g/mol. The van der Waals surface area contributed by atoms with Crippen LogP contribution in [0.2, 0.25) is 0 Å². The minimum atomic E-state index is 0.0247. The first kappa shape index (κ1) is 7.71. The summed E-state index contributed by atoms with van der Waals surface area (Å²) < 4.78 is 0. The van der Waals surface area contributed by atoms with Gasteiger partial charge < -0.3 is 0 Å². The topological polar surface area (TPSA) is 17.1 Å². The maximum absolute atomic E-state index is 10.2. The van der Waals surface area contributed by atoms with E-state index in [1.807, 2.05) is 0 Å². The third-order valence-electron chi connectivity index (χ3n) is 0.634. The first-order valence-corrected chi connectivity index (χ1v) is 2.57. The lowest BCUT2D eigenvalue weighted by Crippen LogP contribution is -1.77. The maximum Gasteiger partial charge on any atom is 0.152 e. The largest absolute Gasteiger partial charge is 0.295 e. The van der Waals surface area contributed by atoms with E-state index in [-0.39, 0.29) is 5.78 Å². The zero-order chi connectivity index (χ0) is 7.11. The SMILES string of the molecule is C#C/C=C/C=C/C(C)=O. The maximum atomic E-state index is 10.2. The van der Waals surface area contributed by atoms with Crippen LogP contribution in [0.3, 0.4) is 0 Å². The molecule has 0 N–H and O–H groups in total. The second-order valence-electron chi connectivity index (χ2n) is 1.50. The van der Waals surface area contributed by atoms with E-state index in [0.29, 0.717) is 0 Å². The van der Waals surface area contributed by atoms with Crippen molar-refractivity contribution in [1.29, 1.82) is 0 Å². The van der Waals surface area contributed by atoms with Gasteiger partial charge >= 0.3 is 0 Å². The smallest absolute Gasteiger partial charge is 0.152 e. The molecule has 0 amide bonds. The molecule has 0 spiro atoms. The molecule has 0 aliphatic heterocycles. The van der Waals surface area contributed by atoms with E-state index in [0.717, 1.165) is 0 Å². The second kappa shape index (κ2) is 4.86. The average Bonchev–Trinajstić information content (AvgIpc) is 1.80. The van der Waals surface area contributed by atoms with E-state index >= 15 is 0 Å². The number of hydrogen-bond donors (Lipinski definition) is 0. The number of rotatable bonds is 2. The third kappa shape index (κ3) is 6.71. The Hall–Kier alpha value is -1.29. The van der Waals surface area contributed by atoms with E-state index < -0.39 is 0 Å². The summed E-state index contributed by atoms with van der Waals surface area (Å²) in [4.78, 5) is 10.2. The highest BCUT2D eigenvalue weighted by Crippen LogP contribution is 1.76. The predicted octanol–water partition coefficient (Wildman–Crippen LogP) is 1.32. The lowest BCUT2D eigenvalue weighted by molar-refractivity contribution is -0.112. The lowest BCUT2D eigenvalue weighted by atomic mass is 10.4. The second-order valence-corrected chi connectivity index (χ2v) is 1.50. The van der Waals surface area contributed by atoms with Crippen molar-refractivity contribution >= 4 is 5.78 Å². The van der Waals surface area contributed by atoms with Gasteiger partial charge in [0, 0.05) is 0 Å². The summed E-state index contributed by atoms with van der Waals surface area (Å²) in [6, 6.07) is 0. The molecule has 0 heterocycles. The number of ketones is 1. The molecule has 0 saturated heterocycles. The van der Waals surface area contributed by atoms with Crippen molar-refractivity contribution < 1.29 is 4.79 Å². The molecule has 1 heteroatoms. The normalized spacial score (nSPS) is 10.2. The molecule has 0 atom stereocenters. The van der Waals surface area contributed by atoms with Crippen LogP contribution in [0.1, 0.15) is 6.92 Å². The predicted molar refractivity (Wildman–Crippen MR) is 37.8 cm³/mol. The molecule has 0 radical (unpaired) electrons. The van der Waals surface area contributed by atoms with Gasteiger partial charge in [0.1, 0.15) is 0 Å². The fraction of sp³-hybridized carbons (Fsp3) is 0.125. The first-order valence-electron chi connectivity index (χ1n) is 2.57. The van der Waals surface area contributed by atoms with Gasteiger partial charge in [-0.2, -0.15) is 0 Å². The highest BCUT2D eigenvalue weighted by molar-refractivity contribution is 5.87. The van der Waals surface area contributed by atoms with Crippen molar-refractivity contribution in [3.05, 3.63) is 24.3 Å². The molecule has 0 unspecified atom stereocenters. The van der Waals surface area contributed by atoms with Crippen LogP contribution in [0.4, 0.5) is 0 Å². The van der Waals surface area contributed by atoms with Gasteiger partial charge in [-0.25, -0.2) is 0 Å². The molecule has 0 aliphatic rings. The zero-order valence-corrected chi connectivity index (χ0v) is 5.29. The minimum absolute atomic E-state index is 0.0247. The van der Waals surface area contributed by atoms with E-state index in [4.69, 9.17) is 6.42 Å². The summed E-state index contributed by atoms with van der Waals surface area (Å²) in [5, 5.41) is 0. The molecular formula is C8H8O. The fourth-order valence-electron chi connectivity index (χ4n) is 0.302. The summed E-state index contributed by atoms with van der Waals surface area (Å²) in [7, 11) is 0. The summed E-state index contributed by atoms with van der Waals surface area (Å²) in [5.74, 6) is 2.32. The van der Waals surface area contributed by atoms with Crippen LogP contribution in [-0.4, -0.2) is 5.78 Å². The standard InChI is InChI=1S/C8H8O/c1-3-4-5-6-7-8(2)9/h1,4-7H,2H3/b5-4+,7-6+. The average molecular weight is 120 g/mol. The van der Waals surface area contributed by atoms with Gasteiger partial charge in [-0.05, 0) is 19.1 Å². The van der Waals surface area contributed by atoms with Crippen LogP contribution in [-0.2, 0) is 4.79 Å². The molecule has 0 aromatic heterocycles. The van der Waals surface area contributed by atoms with Crippen molar-refractivity contribution in [2.75, 3.05) is 0 Å². The Morgan fingerprint density at radius 2 is 2.22 bits per heavy atom. The number of carbonyl (C=O) groups excluding carboxylic acids is 1. The Morgan fingerprint density at radius 1 is 1.56 bits per heavy atom. The van der Waals surface area contributed by atoms with Crippen molar-refractivity contribution in [2.45, 2.75) is 6.92 Å². The fourth-order valence-corrected chi connectivity index (χ4v) is 0.302. The Morgan fingerprint density at radius 3 is 2.67 bits per heavy atom. The van der Waals surface area contributed by atoms with Gasteiger partial charge in [0.15, 0.2) is 5.78 Å². The molecule has 0 fully saturated rings. The van der Waals surface area contributed by atoms with Crippen LogP contribution >= 0.6 is 0 Å². The van der Waals surface area contributed by atoms with Crippen LogP contribution in [0, 0.1) is 12.3 Å². The summed E-state index contributed by atoms with van der Waals surface area (Å²) >= 11 is 0. The Bertz CT molecular complexity index is 179. The van der Waals surface area contributed by atoms with Crippen LogP contribution in [0.5, 0.6) is 0 Å². The molecule has 9 heavy (non-hydrogen) atoms. The molecule has 46 valence electrons. The van der Waals surface area contributed by atoms with Gasteiger partial charge in [-0.15, -0.1) is 6.42 Å². The van der Waals surface area contributed by atoms with Gasteiger partial charge in [0.25, 0.3) is 0 Å². The Labute approximate surface area is 55.1 Å². The van der Waals surface area contributed by atoms with Crippen molar-refractivity contribution in [3.63, 3.8) is 0 Å². The Kier molecular flexibility index (Phi) is 4.16. The van der Waals surface area contributed by atoms with E-state index in [1.54, 1.807) is 12.2 Å². The number of carbonyl (C=O) groups is 1. The summed E-state index contributed by atoms with van der Waals surface area (Å²) in [5.41, 5.74) is 0. The van der Waals surface area contributed by atoms with Crippen molar-refractivity contribution in [3.8, 4) is 12.3 Å². The van der Waals surface area contributed by atoms with E-state index in [2.05, 4.69) is 5.92 Å². The van der Waals surface area contributed by atoms with Gasteiger partial charge in [-0.3, -0.25) is 4.79 Å². The Balaban J connectivity index is 3.63. The number of allylic oxidation sites excluding steroid dienone is 4.